The zero-order chi connectivity index (χ0) is 32.6. The van der Waals surface area contributed by atoms with Gasteiger partial charge >= 0.3 is 0 Å². The van der Waals surface area contributed by atoms with E-state index in [0.29, 0.717) is 51.6 Å². The Hall–Kier alpha value is -5.25. The first-order valence-electron chi connectivity index (χ1n) is 14.9. The predicted octanol–water partition coefficient (Wildman–Crippen LogP) is 7.92. The van der Waals surface area contributed by atoms with Crippen molar-refractivity contribution in [2.24, 2.45) is 0 Å². The summed E-state index contributed by atoms with van der Waals surface area (Å²) in [6, 6.07) is 25.2. The predicted molar refractivity (Wildman–Crippen MR) is 186 cm³/mol. The second kappa shape index (κ2) is 14.7. The number of carbonyl (C=O) groups excluding carboxylic acids is 3. The highest BCUT2D eigenvalue weighted by Crippen LogP contribution is 2.33. The summed E-state index contributed by atoms with van der Waals surface area (Å²) in [7, 11) is 3.92. The number of benzene rings is 4. The van der Waals surface area contributed by atoms with Crippen LogP contribution >= 0.6 is 11.6 Å². The Morgan fingerprint density at radius 3 is 2.37 bits per heavy atom. The number of carbonyl (C=O) groups is 3. The normalized spacial score (nSPS) is 11.2. The third-order valence-electron chi connectivity index (χ3n) is 7.22. The zero-order valence-corrected chi connectivity index (χ0v) is 26.6. The van der Waals surface area contributed by atoms with Gasteiger partial charge in [-0.2, -0.15) is 5.10 Å². The van der Waals surface area contributed by atoms with Crippen LogP contribution in [0.2, 0.25) is 5.02 Å². The fraction of sp³-hybridized carbons (Fsp3) is 0.167. The molecule has 10 heteroatoms. The highest BCUT2D eigenvalue weighted by Gasteiger charge is 2.16. The summed E-state index contributed by atoms with van der Waals surface area (Å²) in [4.78, 5) is 40.5. The van der Waals surface area contributed by atoms with Crippen LogP contribution in [0.15, 0.2) is 97.1 Å². The van der Waals surface area contributed by atoms with E-state index in [4.69, 9.17) is 11.6 Å². The van der Waals surface area contributed by atoms with E-state index in [-0.39, 0.29) is 17.6 Å². The van der Waals surface area contributed by atoms with Gasteiger partial charge in [-0.15, -0.1) is 0 Å². The molecule has 46 heavy (non-hydrogen) atoms. The van der Waals surface area contributed by atoms with Crippen LogP contribution in [0.3, 0.4) is 0 Å². The van der Waals surface area contributed by atoms with Crippen molar-refractivity contribution in [2.75, 3.05) is 36.6 Å². The number of allylic oxidation sites excluding steroid dienone is 2. The van der Waals surface area contributed by atoms with Crippen LogP contribution in [0.25, 0.3) is 22.2 Å². The molecule has 5 aromatic rings. The number of rotatable bonds is 12. The number of hydrogen-bond donors (Lipinski definition) is 4. The highest BCUT2D eigenvalue weighted by atomic mass is 35.5. The Morgan fingerprint density at radius 1 is 0.870 bits per heavy atom. The lowest BCUT2D eigenvalue weighted by molar-refractivity contribution is -0.116. The van der Waals surface area contributed by atoms with E-state index < -0.39 is 0 Å². The van der Waals surface area contributed by atoms with Crippen molar-refractivity contribution in [2.45, 2.75) is 19.8 Å². The number of amides is 2. The minimum Gasteiger partial charge on any atom is -0.354 e. The first-order chi connectivity index (χ1) is 22.2. The van der Waals surface area contributed by atoms with Crippen LogP contribution in [0, 0.1) is 0 Å². The Morgan fingerprint density at radius 2 is 1.63 bits per heavy atom. The Kier molecular flexibility index (Phi) is 10.3. The van der Waals surface area contributed by atoms with Crippen molar-refractivity contribution >= 4 is 62.9 Å². The number of para-hydroxylation sites is 1. The summed E-state index contributed by atoms with van der Waals surface area (Å²) >= 11 is 6.33. The lowest BCUT2D eigenvalue weighted by atomic mass is 10.0. The van der Waals surface area contributed by atoms with Crippen LogP contribution in [0.4, 0.5) is 22.7 Å². The number of fused-ring (bicyclic) bond motifs is 1. The zero-order valence-electron chi connectivity index (χ0n) is 25.9. The molecular formula is C36H35ClN6O3. The molecule has 0 spiro atoms. The Balaban J connectivity index is 1.44. The number of H-pyrrole nitrogens is 1. The van der Waals surface area contributed by atoms with Gasteiger partial charge in [0.25, 0.3) is 5.91 Å². The molecule has 5 rings (SSSR count). The van der Waals surface area contributed by atoms with Gasteiger partial charge in [-0.3, -0.25) is 19.5 Å². The number of hydrogen-bond acceptors (Lipinski definition) is 6. The van der Waals surface area contributed by atoms with E-state index >= 15 is 0 Å². The van der Waals surface area contributed by atoms with Crippen LogP contribution in [-0.4, -0.2) is 53.3 Å². The number of halogens is 1. The summed E-state index contributed by atoms with van der Waals surface area (Å²) in [5.41, 5.74) is 5.55. The second-order valence-electron chi connectivity index (χ2n) is 11.1. The monoisotopic (exact) mass is 634 g/mol. The van der Waals surface area contributed by atoms with Crippen LogP contribution in [0.5, 0.6) is 0 Å². The van der Waals surface area contributed by atoms with Gasteiger partial charge in [0.2, 0.25) is 5.91 Å². The average Bonchev–Trinajstić information content (AvgIpc) is 3.46. The van der Waals surface area contributed by atoms with Crippen LogP contribution in [0.1, 0.15) is 40.5 Å². The van der Waals surface area contributed by atoms with Crippen molar-refractivity contribution in [3.05, 3.63) is 113 Å². The molecule has 0 fully saturated rings. The first-order valence-corrected chi connectivity index (χ1v) is 15.3. The molecule has 4 aromatic carbocycles. The maximum atomic E-state index is 13.5. The summed E-state index contributed by atoms with van der Waals surface area (Å²) < 4.78 is 0. The quantitative estimate of drug-likeness (QED) is 0.0818. The summed E-state index contributed by atoms with van der Waals surface area (Å²) in [5, 5.41) is 18.3. The SMILES string of the molecule is CC=CC(=O)c1ccc(NC(=O)c2cc(NC(=O)CCCN(C)C)cc(-c3n[nH]c4cc(Nc5ccccc5Cl)ccc34)c2)cc1. The smallest absolute Gasteiger partial charge is 0.255 e. The lowest BCUT2D eigenvalue weighted by Crippen LogP contribution is -2.18. The lowest BCUT2D eigenvalue weighted by Gasteiger charge is -2.12. The van der Waals surface area contributed by atoms with Gasteiger partial charge in [0.15, 0.2) is 5.78 Å². The van der Waals surface area contributed by atoms with Gasteiger partial charge in [-0.25, -0.2) is 0 Å². The van der Waals surface area contributed by atoms with Gasteiger partial charge in [0, 0.05) is 45.6 Å². The molecule has 0 bridgehead atoms. The number of aromatic amines is 1. The number of nitrogens with zero attached hydrogens (tertiary/aromatic N) is 2. The topological polar surface area (TPSA) is 119 Å². The fourth-order valence-electron chi connectivity index (χ4n) is 4.95. The van der Waals surface area contributed by atoms with Crippen LogP contribution in [-0.2, 0) is 4.79 Å². The molecule has 0 aliphatic heterocycles. The largest absolute Gasteiger partial charge is 0.354 e. The highest BCUT2D eigenvalue weighted by molar-refractivity contribution is 6.33. The minimum atomic E-state index is -0.372. The molecule has 9 nitrogen and oxygen atoms in total. The molecule has 1 aromatic heterocycles. The molecular weight excluding hydrogens is 600 g/mol. The van der Waals surface area contributed by atoms with Crippen molar-refractivity contribution in [3.63, 3.8) is 0 Å². The molecule has 0 aliphatic rings. The first kappa shape index (κ1) is 32.2. The molecule has 234 valence electrons. The molecule has 2 amide bonds. The van der Waals surface area contributed by atoms with Crippen molar-refractivity contribution < 1.29 is 14.4 Å². The van der Waals surface area contributed by atoms with Gasteiger partial charge in [-0.05, 0) is 113 Å². The van der Waals surface area contributed by atoms with Gasteiger partial charge in [0.05, 0.1) is 21.9 Å². The van der Waals surface area contributed by atoms with Crippen molar-refractivity contribution in [1.82, 2.24) is 15.1 Å². The Bertz CT molecular complexity index is 1910. The van der Waals surface area contributed by atoms with Gasteiger partial charge in [-0.1, -0.05) is 29.8 Å². The molecule has 0 unspecified atom stereocenters. The van der Waals surface area contributed by atoms with E-state index in [1.807, 2.05) is 67.5 Å². The second-order valence-corrected chi connectivity index (χ2v) is 11.5. The maximum absolute atomic E-state index is 13.5. The standard InChI is InChI=1S/C36H35ClN6O3/c1-4-8-33(44)23-12-14-26(15-13-23)40-36(46)25-19-24(20-28(21-25)39-34(45)11-7-18-43(2)3)35-29-17-16-27(22-32(29)41-42-35)38-31-10-6-5-9-30(31)37/h4-6,8-10,12-17,19-22,38H,7,11,18H2,1-3H3,(H,39,45)(H,40,46)(H,41,42). The number of anilines is 4. The molecule has 0 radical (unpaired) electrons. The summed E-state index contributed by atoms with van der Waals surface area (Å²) in [6.07, 6.45) is 4.22. The molecule has 1 heterocycles. The molecule has 0 saturated heterocycles. The Labute approximate surface area is 272 Å². The fourth-order valence-corrected chi connectivity index (χ4v) is 5.13. The van der Waals surface area contributed by atoms with E-state index in [2.05, 4.69) is 26.1 Å². The summed E-state index contributed by atoms with van der Waals surface area (Å²) in [6.45, 7) is 2.57. The van der Waals surface area contributed by atoms with E-state index in [9.17, 15) is 14.4 Å². The molecule has 4 N–H and O–H groups in total. The number of ketones is 1. The van der Waals surface area contributed by atoms with E-state index in [1.54, 1.807) is 49.4 Å². The third-order valence-corrected chi connectivity index (χ3v) is 7.55. The van der Waals surface area contributed by atoms with Crippen molar-refractivity contribution in [1.29, 1.82) is 0 Å². The minimum absolute atomic E-state index is 0.114. The van der Waals surface area contributed by atoms with E-state index in [1.165, 1.54) is 6.08 Å². The molecule has 0 saturated carbocycles. The van der Waals surface area contributed by atoms with Gasteiger partial charge in [0.1, 0.15) is 0 Å². The number of nitrogens with one attached hydrogen (secondary N) is 4. The molecule has 0 atom stereocenters. The summed E-state index contributed by atoms with van der Waals surface area (Å²) in [5.74, 6) is -0.630. The third kappa shape index (κ3) is 8.06. The maximum Gasteiger partial charge on any atom is 0.255 e. The van der Waals surface area contributed by atoms with E-state index in [0.717, 1.165) is 28.8 Å². The number of aromatic nitrogens is 2. The average molecular weight is 635 g/mol. The molecule has 0 aliphatic carbocycles. The van der Waals surface area contributed by atoms with Gasteiger partial charge < -0.3 is 20.9 Å². The van der Waals surface area contributed by atoms with Crippen LogP contribution < -0.4 is 16.0 Å². The van der Waals surface area contributed by atoms with Crippen molar-refractivity contribution in [3.8, 4) is 11.3 Å².